The van der Waals surface area contributed by atoms with Crippen LogP contribution < -0.4 is 29.1 Å². The van der Waals surface area contributed by atoms with Gasteiger partial charge >= 0.3 is 0 Å². The summed E-state index contributed by atoms with van der Waals surface area (Å²) >= 11 is 1.25. The molecule has 4 aromatic carbocycles. The molecule has 0 spiro atoms. The van der Waals surface area contributed by atoms with E-state index in [1.165, 1.54) is 30.6 Å². The molecular formula is C38H36N4O7S. The first-order valence-electron chi connectivity index (χ1n) is 16.1. The highest BCUT2D eigenvalue weighted by Crippen LogP contribution is 2.40. The first-order valence-corrected chi connectivity index (χ1v) is 16.9. The molecule has 11 nitrogen and oxygen atoms in total. The van der Waals surface area contributed by atoms with Gasteiger partial charge < -0.3 is 19.1 Å². The van der Waals surface area contributed by atoms with Crippen LogP contribution in [0.4, 0.5) is 5.69 Å². The highest BCUT2D eigenvalue weighted by atomic mass is 32.1. The van der Waals surface area contributed by atoms with Crippen molar-refractivity contribution in [1.82, 2.24) is 9.47 Å². The molecule has 0 aliphatic carbocycles. The van der Waals surface area contributed by atoms with Crippen LogP contribution in [-0.2, 0) is 11.4 Å². The molecule has 1 amide bonds. The second-order valence-corrected chi connectivity index (χ2v) is 12.6. The number of rotatable bonds is 11. The van der Waals surface area contributed by atoms with Gasteiger partial charge in [-0.15, -0.1) is 0 Å². The topological polar surface area (TPSA) is 126 Å². The number of nitrogens with zero attached hydrogens (tertiary/aromatic N) is 4. The highest BCUT2D eigenvalue weighted by molar-refractivity contribution is 7.07. The van der Waals surface area contributed by atoms with E-state index in [0.29, 0.717) is 56.5 Å². The van der Waals surface area contributed by atoms with Gasteiger partial charge in [-0.1, -0.05) is 47.7 Å². The number of nitro benzene ring substituents is 1. The van der Waals surface area contributed by atoms with Crippen LogP contribution in [0.5, 0.6) is 17.2 Å². The summed E-state index contributed by atoms with van der Waals surface area (Å²) in [7, 11) is 3.12. The summed E-state index contributed by atoms with van der Waals surface area (Å²) in [5.41, 5.74) is 2.87. The monoisotopic (exact) mass is 692 g/mol. The van der Waals surface area contributed by atoms with E-state index in [4.69, 9.17) is 19.2 Å². The van der Waals surface area contributed by atoms with Gasteiger partial charge in [0.05, 0.1) is 34.9 Å². The van der Waals surface area contributed by atoms with Crippen LogP contribution in [-0.4, -0.2) is 47.6 Å². The van der Waals surface area contributed by atoms with Crippen molar-refractivity contribution >= 4 is 39.8 Å². The molecule has 0 bridgehead atoms. The van der Waals surface area contributed by atoms with Gasteiger partial charge in [-0.05, 0) is 79.1 Å². The van der Waals surface area contributed by atoms with Gasteiger partial charge in [-0.25, -0.2) is 4.99 Å². The average molecular weight is 693 g/mol. The summed E-state index contributed by atoms with van der Waals surface area (Å²) in [4.78, 5) is 46.2. The van der Waals surface area contributed by atoms with Crippen molar-refractivity contribution in [2.45, 2.75) is 33.4 Å². The number of fused-ring (bicyclic) bond motifs is 2. The van der Waals surface area contributed by atoms with E-state index in [2.05, 4.69) is 0 Å². The zero-order valence-electron chi connectivity index (χ0n) is 28.3. The van der Waals surface area contributed by atoms with Gasteiger partial charge in [-0.2, -0.15) is 0 Å². The standard InChI is InChI=1S/C38H36N4O7S/c1-6-40(7-2)37(44)33-23(3)39-38-41(35(33)34-28-11-9-8-10-26(28)15-19-30(34)47-4)36(43)32(50-38)21-25-14-18-29(31(20-25)48-5)49-22-24-12-16-27(17-13-24)42(45)46/h8-21,35H,6-7,22H2,1-5H3/b32-21+/t35-/m0/s1. The van der Waals surface area contributed by atoms with Gasteiger partial charge in [0.25, 0.3) is 17.2 Å². The molecule has 0 N–H and O–H groups in total. The number of hydrogen-bond donors (Lipinski definition) is 0. The lowest BCUT2D eigenvalue weighted by Gasteiger charge is -2.30. The van der Waals surface area contributed by atoms with Crippen LogP contribution in [0.25, 0.3) is 16.8 Å². The fourth-order valence-electron chi connectivity index (χ4n) is 6.20. The fourth-order valence-corrected chi connectivity index (χ4v) is 7.25. The maximum absolute atomic E-state index is 14.5. The van der Waals surface area contributed by atoms with Crippen LogP contribution in [0.2, 0.25) is 0 Å². The van der Waals surface area contributed by atoms with Crippen molar-refractivity contribution in [3.05, 3.63) is 137 Å². The number of amides is 1. The Morgan fingerprint density at radius 2 is 1.68 bits per heavy atom. The second kappa shape index (κ2) is 14.4. The lowest BCUT2D eigenvalue weighted by Crippen LogP contribution is -2.43. The number of ether oxygens (including phenoxy) is 3. The third-order valence-electron chi connectivity index (χ3n) is 8.75. The summed E-state index contributed by atoms with van der Waals surface area (Å²) in [5.74, 6) is 1.31. The zero-order chi connectivity index (χ0) is 35.5. The molecule has 0 saturated heterocycles. The van der Waals surface area contributed by atoms with Crippen molar-refractivity contribution in [2.75, 3.05) is 27.3 Å². The van der Waals surface area contributed by atoms with Crippen LogP contribution in [0.15, 0.2) is 99.9 Å². The van der Waals surface area contributed by atoms with Crippen LogP contribution in [0.3, 0.4) is 0 Å². The summed E-state index contributed by atoms with van der Waals surface area (Å²) in [6.07, 6.45) is 1.77. The van der Waals surface area contributed by atoms with E-state index in [9.17, 15) is 19.7 Å². The molecule has 1 aliphatic rings. The SMILES string of the molecule is CCN(CC)C(=O)C1=C(C)N=c2s/c(=C/c3ccc(OCc4ccc([N+](=O)[O-])cc4)c(OC)c3)c(=O)n2[C@@H]1c1c(OC)ccc2ccccc12. The van der Waals surface area contributed by atoms with E-state index < -0.39 is 11.0 Å². The van der Waals surface area contributed by atoms with E-state index in [1.54, 1.807) is 46.9 Å². The Kier molecular flexibility index (Phi) is 9.82. The molecule has 5 aromatic rings. The molecule has 0 saturated carbocycles. The number of likely N-dealkylation sites (N-methyl/N-ethyl adjacent to an activating group) is 1. The molecule has 0 unspecified atom stereocenters. The Hall–Kier alpha value is -5.75. The number of carbonyl (C=O) groups is 1. The van der Waals surface area contributed by atoms with Crippen LogP contribution >= 0.6 is 11.3 Å². The normalized spacial score (nSPS) is 14.3. The molecular weight excluding hydrogens is 657 g/mol. The molecule has 1 atom stereocenters. The number of nitro groups is 1. The number of carbonyl (C=O) groups excluding carboxylic acids is 1. The number of allylic oxidation sites excluding steroid dienone is 1. The van der Waals surface area contributed by atoms with Crippen molar-refractivity contribution < 1.29 is 23.9 Å². The minimum Gasteiger partial charge on any atom is -0.496 e. The van der Waals surface area contributed by atoms with Gasteiger partial charge in [0.1, 0.15) is 18.4 Å². The van der Waals surface area contributed by atoms with Gasteiger partial charge in [-0.3, -0.25) is 24.3 Å². The smallest absolute Gasteiger partial charge is 0.271 e. The summed E-state index contributed by atoms with van der Waals surface area (Å²) in [5, 5.41) is 12.8. The third kappa shape index (κ3) is 6.37. The number of non-ortho nitro benzene ring substituents is 1. The first kappa shape index (κ1) is 34.1. The number of hydrogen-bond acceptors (Lipinski definition) is 9. The van der Waals surface area contributed by atoms with E-state index >= 15 is 0 Å². The quantitative estimate of drug-likeness (QED) is 0.127. The summed E-state index contributed by atoms with van der Waals surface area (Å²) in [6.45, 7) is 6.87. The predicted octanol–water partition coefficient (Wildman–Crippen LogP) is 5.76. The molecule has 256 valence electrons. The largest absolute Gasteiger partial charge is 0.496 e. The average Bonchev–Trinajstić information content (AvgIpc) is 3.43. The molecule has 50 heavy (non-hydrogen) atoms. The Balaban J connectivity index is 1.45. The molecule has 6 rings (SSSR count). The number of methoxy groups -OCH3 is 2. The molecule has 2 heterocycles. The second-order valence-electron chi connectivity index (χ2n) is 11.6. The highest BCUT2D eigenvalue weighted by Gasteiger charge is 2.36. The van der Waals surface area contributed by atoms with Crippen molar-refractivity contribution in [3.63, 3.8) is 0 Å². The summed E-state index contributed by atoms with van der Waals surface area (Å²) < 4.78 is 19.5. The van der Waals surface area contributed by atoms with Gasteiger partial charge in [0, 0.05) is 30.8 Å². The Morgan fingerprint density at radius 3 is 2.36 bits per heavy atom. The lowest BCUT2D eigenvalue weighted by atomic mass is 9.90. The van der Waals surface area contributed by atoms with Gasteiger partial charge in [0.2, 0.25) is 0 Å². The van der Waals surface area contributed by atoms with Crippen LogP contribution in [0.1, 0.15) is 43.5 Å². The Bertz CT molecular complexity index is 2320. The van der Waals surface area contributed by atoms with E-state index in [-0.39, 0.29) is 23.8 Å². The van der Waals surface area contributed by atoms with Crippen LogP contribution in [0, 0.1) is 10.1 Å². The lowest BCUT2D eigenvalue weighted by molar-refractivity contribution is -0.384. The maximum Gasteiger partial charge on any atom is 0.271 e. The maximum atomic E-state index is 14.5. The summed E-state index contributed by atoms with van der Waals surface area (Å²) in [6, 6.07) is 22.4. The number of thiazole rings is 1. The number of aromatic nitrogens is 1. The molecule has 12 heteroatoms. The zero-order valence-corrected chi connectivity index (χ0v) is 29.2. The fraction of sp³-hybridized carbons (Fsp3) is 0.237. The molecule has 0 fully saturated rings. The predicted molar refractivity (Wildman–Crippen MR) is 193 cm³/mol. The molecule has 0 radical (unpaired) electrons. The van der Waals surface area contributed by atoms with Crippen molar-refractivity contribution in [2.24, 2.45) is 4.99 Å². The minimum atomic E-state index is -0.785. The first-order chi connectivity index (χ1) is 24.2. The Morgan fingerprint density at radius 1 is 0.980 bits per heavy atom. The van der Waals surface area contributed by atoms with Crippen molar-refractivity contribution in [3.8, 4) is 17.2 Å². The molecule has 1 aromatic heterocycles. The number of benzene rings is 4. The van der Waals surface area contributed by atoms with E-state index in [0.717, 1.165) is 21.9 Å². The minimum absolute atomic E-state index is 0.00502. The van der Waals surface area contributed by atoms with E-state index in [1.807, 2.05) is 63.2 Å². The molecule has 1 aliphatic heterocycles. The Labute approximate surface area is 292 Å². The van der Waals surface area contributed by atoms with Gasteiger partial charge in [0.15, 0.2) is 16.3 Å². The third-order valence-corrected chi connectivity index (χ3v) is 9.74. The van der Waals surface area contributed by atoms with Crippen molar-refractivity contribution in [1.29, 1.82) is 0 Å².